The number of halogens is 4. The highest BCUT2D eigenvalue weighted by Crippen LogP contribution is 2.35. The van der Waals surface area contributed by atoms with Crippen molar-refractivity contribution in [1.82, 2.24) is 15.0 Å². The first kappa shape index (κ1) is 18.7. The van der Waals surface area contributed by atoms with Crippen molar-refractivity contribution in [1.29, 1.82) is 0 Å². The van der Waals surface area contributed by atoms with Gasteiger partial charge in [-0.15, -0.1) is 0 Å². The molecule has 1 fully saturated rings. The summed E-state index contributed by atoms with van der Waals surface area (Å²) in [7, 11) is 0. The lowest BCUT2D eigenvalue weighted by Gasteiger charge is -2.32. The zero-order valence-electron chi connectivity index (χ0n) is 14.7. The molecule has 8 heteroatoms. The minimum atomic E-state index is -2.64. The van der Waals surface area contributed by atoms with Gasteiger partial charge in [-0.2, -0.15) is 0 Å². The summed E-state index contributed by atoms with van der Waals surface area (Å²) in [5.74, 6) is -2.50. The fourth-order valence-electron chi connectivity index (χ4n) is 3.17. The van der Waals surface area contributed by atoms with Crippen LogP contribution in [0.5, 0.6) is 0 Å². The summed E-state index contributed by atoms with van der Waals surface area (Å²) in [5, 5.41) is 0.391. The van der Waals surface area contributed by atoms with Crippen LogP contribution in [-0.4, -0.2) is 34.0 Å². The van der Waals surface area contributed by atoms with Crippen molar-refractivity contribution in [3.8, 4) is 22.5 Å². The van der Waals surface area contributed by atoms with Crippen LogP contribution in [0.2, 0.25) is 5.02 Å². The molecule has 0 spiro atoms. The van der Waals surface area contributed by atoms with Gasteiger partial charge in [0, 0.05) is 49.5 Å². The molecule has 0 aliphatic carbocycles. The second kappa shape index (κ2) is 7.39. The zero-order valence-corrected chi connectivity index (χ0v) is 15.5. The predicted molar refractivity (Wildman–Crippen MR) is 102 cm³/mol. The van der Waals surface area contributed by atoms with Crippen LogP contribution in [0.25, 0.3) is 22.5 Å². The van der Waals surface area contributed by atoms with Gasteiger partial charge in [0.15, 0.2) is 0 Å². The maximum atomic E-state index is 13.5. The number of piperidine rings is 1. The zero-order chi connectivity index (χ0) is 19.7. The molecule has 28 heavy (non-hydrogen) atoms. The van der Waals surface area contributed by atoms with E-state index in [0.29, 0.717) is 33.4 Å². The highest BCUT2D eigenvalue weighted by molar-refractivity contribution is 6.33. The minimum Gasteiger partial charge on any atom is -0.355 e. The number of rotatable bonds is 3. The summed E-state index contributed by atoms with van der Waals surface area (Å²) in [6, 6.07) is 7.62. The van der Waals surface area contributed by atoms with Crippen molar-refractivity contribution in [3.05, 3.63) is 59.8 Å². The summed E-state index contributed by atoms with van der Waals surface area (Å²) < 4.78 is 40.3. The van der Waals surface area contributed by atoms with Gasteiger partial charge in [-0.3, -0.25) is 9.97 Å². The lowest BCUT2D eigenvalue weighted by molar-refractivity contribution is -0.0221. The van der Waals surface area contributed by atoms with Crippen LogP contribution in [0.4, 0.5) is 19.0 Å². The molecule has 3 aromatic rings. The van der Waals surface area contributed by atoms with E-state index < -0.39 is 5.92 Å². The Morgan fingerprint density at radius 3 is 2.36 bits per heavy atom. The third kappa shape index (κ3) is 3.80. The molecule has 0 N–H and O–H groups in total. The predicted octanol–water partition coefficient (Wildman–Crippen LogP) is 5.23. The lowest BCUT2D eigenvalue weighted by atomic mass is 10.0. The Hall–Kier alpha value is -2.67. The van der Waals surface area contributed by atoms with E-state index in [1.54, 1.807) is 35.5 Å². The molecule has 0 amide bonds. The third-order valence-corrected chi connectivity index (χ3v) is 5.03. The molecule has 0 radical (unpaired) electrons. The quantitative estimate of drug-likeness (QED) is 0.599. The summed E-state index contributed by atoms with van der Waals surface area (Å²) in [6.45, 7) is 0.391. The molecular formula is C20H16ClF3N4. The first-order chi connectivity index (χ1) is 13.4. The van der Waals surface area contributed by atoms with Gasteiger partial charge in [-0.05, 0) is 30.3 Å². The van der Waals surface area contributed by atoms with Crippen LogP contribution in [0.15, 0.2) is 48.9 Å². The SMILES string of the molecule is Fc1ccc(-c2ncc(N3CCC(F)(F)CC3)nc2-c2ccncc2Cl)cc1. The minimum absolute atomic E-state index is 0.196. The van der Waals surface area contributed by atoms with E-state index in [-0.39, 0.29) is 31.7 Å². The number of pyridine rings is 1. The van der Waals surface area contributed by atoms with E-state index in [2.05, 4.69) is 15.0 Å². The smallest absolute Gasteiger partial charge is 0.251 e. The van der Waals surface area contributed by atoms with E-state index in [1.807, 2.05) is 0 Å². The van der Waals surface area contributed by atoms with Crippen LogP contribution in [0.3, 0.4) is 0 Å². The summed E-state index contributed by atoms with van der Waals surface area (Å²) in [6.07, 6.45) is 4.20. The van der Waals surface area contributed by atoms with Gasteiger partial charge >= 0.3 is 0 Å². The number of hydrogen-bond acceptors (Lipinski definition) is 4. The fourth-order valence-corrected chi connectivity index (χ4v) is 3.38. The Bertz CT molecular complexity index is 985. The Kier molecular flexibility index (Phi) is 4.93. The van der Waals surface area contributed by atoms with E-state index in [1.165, 1.54) is 18.3 Å². The third-order valence-electron chi connectivity index (χ3n) is 4.72. The molecule has 0 atom stereocenters. The number of alkyl halides is 2. The van der Waals surface area contributed by atoms with Crippen molar-refractivity contribution in [2.75, 3.05) is 18.0 Å². The number of anilines is 1. The first-order valence-electron chi connectivity index (χ1n) is 8.79. The van der Waals surface area contributed by atoms with Crippen molar-refractivity contribution < 1.29 is 13.2 Å². The largest absolute Gasteiger partial charge is 0.355 e. The van der Waals surface area contributed by atoms with Crippen LogP contribution in [-0.2, 0) is 0 Å². The van der Waals surface area contributed by atoms with E-state index >= 15 is 0 Å². The second-order valence-electron chi connectivity index (χ2n) is 6.63. The molecule has 0 saturated carbocycles. The molecule has 1 aliphatic heterocycles. The van der Waals surface area contributed by atoms with Crippen molar-refractivity contribution in [3.63, 3.8) is 0 Å². The first-order valence-corrected chi connectivity index (χ1v) is 9.16. The van der Waals surface area contributed by atoms with Crippen LogP contribution in [0.1, 0.15) is 12.8 Å². The molecule has 0 bridgehead atoms. The highest BCUT2D eigenvalue weighted by Gasteiger charge is 2.34. The molecular weight excluding hydrogens is 389 g/mol. The van der Waals surface area contributed by atoms with Crippen LogP contribution in [0, 0.1) is 5.82 Å². The molecule has 4 nitrogen and oxygen atoms in total. The Balaban J connectivity index is 1.79. The van der Waals surface area contributed by atoms with Crippen LogP contribution >= 0.6 is 11.6 Å². The molecule has 1 saturated heterocycles. The van der Waals surface area contributed by atoms with Crippen molar-refractivity contribution >= 4 is 17.4 Å². The Morgan fingerprint density at radius 2 is 1.68 bits per heavy atom. The van der Waals surface area contributed by atoms with Gasteiger partial charge in [-0.25, -0.2) is 18.2 Å². The maximum absolute atomic E-state index is 13.5. The molecule has 4 rings (SSSR count). The van der Waals surface area contributed by atoms with Crippen molar-refractivity contribution in [2.45, 2.75) is 18.8 Å². The summed E-state index contributed by atoms with van der Waals surface area (Å²) in [4.78, 5) is 15.0. The molecule has 1 aliphatic rings. The monoisotopic (exact) mass is 404 g/mol. The Morgan fingerprint density at radius 1 is 0.964 bits per heavy atom. The average molecular weight is 405 g/mol. The number of hydrogen-bond donors (Lipinski definition) is 0. The van der Waals surface area contributed by atoms with Gasteiger partial charge in [0.05, 0.1) is 16.9 Å². The van der Waals surface area contributed by atoms with Gasteiger partial charge in [-0.1, -0.05) is 11.6 Å². The van der Waals surface area contributed by atoms with E-state index in [4.69, 9.17) is 11.6 Å². The number of benzene rings is 1. The molecule has 1 aromatic carbocycles. The molecule has 144 valence electrons. The average Bonchev–Trinajstić information content (AvgIpc) is 2.69. The van der Waals surface area contributed by atoms with Crippen LogP contribution < -0.4 is 4.90 Å². The van der Waals surface area contributed by atoms with Gasteiger partial charge in [0.1, 0.15) is 17.3 Å². The molecule has 3 heterocycles. The standard InChI is InChI=1S/C20H16ClF3N4/c21-16-11-25-8-5-15(16)19-18(13-1-3-14(22)4-2-13)26-12-17(27-19)28-9-6-20(23,24)7-10-28/h1-5,8,11-12H,6-7,9-10H2. The highest BCUT2D eigenvalue weighted by atomic mass is 35.5. The normalized spacial score (nSPS) is 16.2. The Labute approximate surface area is 165 Å². The van der Waals surface area contributed by atoms with E-state index in [9.17, 15) is 13.2 Å². The van der Waals surface area contributed by atoms with E-state index in [0.717, 1.165) is 0 Å². The lowest BCUT2D eigenvalue weighted by Crippen LogP contribution is -2.39. The fraction of sp³-hybridized carbons (Fsp3) is 0.250. The summed E-state index contributed by atoms with van der Waals surface area (Å²) in [5.41, 5.74) is 2.31. The van der Waals surface area contributed by atoms with Crippen molar-refractivity contribution in [2.24, 2.45) is 0 Å². The van der Waals surface area contributed by atoms with Gasteiger partial charge in [0.2, 0.25) is 0 Å². The topological polar surface area (TPSA) is 41.9 Å². The van der Waals surface area contributed by atoms with Gasteiger partial charge in [0.25, 0.3) is 5.92 Å². The number of nitrogens with zero attached hydrogens (tertiary/aromatic N) is 4. The number of aromatic nitrogens is 3. The maximum Gasteiger partial charge on any atom is 0.251 e. The molecule has 2 aromatic heterocycles. The molecule has 0 unspecified atom stereocenters. The summed E-state index contributed by atoms with van der Waals surface area (Å²) >= 11 is 6.32. The van der Waals surface area contributed by atoms with Gasteiger partial charge < -0.3 is 4.90 Å². The second-order valence-corrected chi connectivity index (χ2v) is 7.04.